The first-order chi connectivity index (χ1) is 7.02. The monoisotopic (exact) mass is 207 g/mol. The second-order valence-corrected chi connectivity index (χ2v) is 2.83. The maximum absolute atomic E-state index is 11.1. The lowest BCUT2D eigenvalue weighted by Crippen LogP contribution is -2.12. The molecule has 0 amide bonds. The van der Waals surface area contributed by atoms with E-state index in [0.29, 0.717) is 0 Å². The van der Waals surface area contributed by atoms with Gasteiger partial charge in [0.15, 0.2) is 11.4 Å². The van der Waals surface area contributed by atoms with Crippen LogP contribution >= 0.6 is 0 Å². The van der Waals surface area contributed by atoms with Crippen molar-refractivity contribution in [1.29, 1.82) is 0 Å². The van der Waals surface area contributed by atoms with Crippen molar-refractivity contribution in [2.45, 2.75) is 6.92 Å². The Labute approximate surface area is 86.0 Å². The van der Waals surface area contributed by atoms with E-state index in [0.717, 1.165) is 0 Å². The number of esters is 1. The number of ether oxygens (including phenoxy) is 1. The van der Waals surface area contributed by atoms with Gasteiger partial charge in [0.25, 0.3) is 0 Å². The van der Waals surface area contributed by atoms with Crippen molar-refractivity contribution in [2.24, 2.45) is 0 Å². The molecule has 0 radical (unpaired) electrons. The highest BCUT2D eigenvalue weighted by molar-refractivity contribution is 5.93. The summed E-state index contributed by atoms with van der Waals surface area (Å²) in [4.78, 5) is 25.4. The molecule has 5 nitrogen and oxygen atoms in total. The molecular weight excluding hydrogens is 198 g/mol. The van der Waals surface area contributed by atoms with Crippen LogP contribution in [0.15, 0.2) is 30.5 Å². The van der Waals surface area contributed by atoms with Gasteiger partial charge in [0.1, 0.15) is 0 Å². The van der Waals surface area contributed by atoms with Crippen LogP contribution in [-0.4, -0.2) is 22.0 Å². The fourth-order valence-electron chi connectivity index (χ4n) is 0.821. The first kappa shape index (κ1) is 10.9. The number of carboxylic acids is 1. The van der Waals surface area contributed by atoms with Crippen LogP contribution in [0.4, 0.5) is 0 Å². The van der Waals surface area contributed by atoms with Gasteiger partial charge in [-0.25, -0.2) is 14.6 Å². The Hall–Kier alpha value is -2.17. The minimum absolute atomic E-state index is 0.0852. The maximum atomic E-state index is 11.1. The third-order valence-corrected chi connectivity index (χ3v) is 1.52. The highest BCUT2D eigenvalue weighted by Gasteiger charge is 2.15. The molecule has 78 valence electrons. The van der Waals surface area contributed by atoms with Crippen molar-refractivity contribution in [3.05, 3.63) is 36.2 Å². The smallest absolute Gasteiger partial charge is 0.358 e. The fraction of sp³-hybridized carbons (Fsp3) is 0.100. The number of rotatable bonds is 3. The van der Waals surface area contributed by atoms with Crippen LogP contribution in [-0.2, 0) is 4.79 Å². The standard InChI is InChI=1S/C10H9NO4/c1-6(2)10(14)15-7-4-3-5-11-8(7)9(12)13/h3-5H,1H2,2H3,(H,12,13). The number of carboxylic acid groups (broad SMARTS) is 1. The van der Waals surface area contributed by atoms with Gasteiger partial charge in [0.05, 0.1) is 0 Å². The summed E-state index contributed by atoms with van der Waals surface area (Å²) in [7, 11) is 0. The number of carbonyl (C=O) groups excluding carboxylic acids is 1. The quantitative estimate of drug-likeness (QED) is 0.596. The van der Waals surface area contributed by atoms with Gasteiger partial charge in [-0.2, -0.15) is 0 Å². The van der Waals surface area contributed by atoms with Crippen molar-refractivity contribution >= 4 is 11.9 Å². The lowest BCUT2D eigenvalue weighted by Gasteiger charge is -2.05. The molecule has 0 bridgehead atoms. The molecule has 1 N–H and O–H groups in total. The molecule has 0 atom stereocenters. The van der Waals surface area contributed by atoms with Gasteiger partial charge in [-0.3, -0.25) is 0 Å². The predicted molar refractivity (Wildman–Crippen MR) is 51.6 cm³/mol. The Balaban J connectivity index is 2.99. The van der Waals surface area contributed by atoms with E-state index in [-0.39, 0.29) is 17.0 Å². The first-order valence-electron chi connectivity index (χ1n) is 4.08. The van der Waals surface area contributed by atoms with Crippen LogP contribution in [0.2, 0.25) is 0 Å². The van der Waals surface area contributed by atoms with Crippen molar-refractivity contribution in [1.82, 2.24) is 4.98 Å². The van der Waals surface area contributed by atoms with Crippen molar-refractivity contribution < 1.29 is 19.4 Å². The summed E-state index contributed by atoms with van der Waals surface area (Å²) in [5.41, 5.74) is -0.109. The summed E-state index contributed by atoms with van der Waals surface area (Å²) in [5, 5.41) is 8.74. The van der Waals surface area contributed by atoms with Gasteiger partial charge in [-0.05, 0) is 19.1 Å². The fourth-order valence-corrected chi connectivity index (χ4v) is 0.821. The number of aromatic carboxylic acids is 1. The summed E-state index contributed by atoms with van der Waals surface area (Å²) in [6.07, 6.45) is 1.31. The van der Waals surface area contributed by atoms with Gasteiger partial charge in [-0.1, -0.05) is 6.58 Å². The van der Waals surface area contributed by atoms with Crippen LogP contribution in [0.25, 0.3) is 0 Å². The third-order valence-electron chi connectivity index (χ3n) is 1.52. The van der Waals surface area contributed by atoms with E-state index in [9.17, 15) is 9.59 Å². The van der Waals surface area contributed by atoms with Gasteiger partial charge in [0.2, 0.25) is 0 Å². The van der Waals surface area contributed by atoms with E-state index in [1.54, 1.807) is 0 Å². The summed E-state index contributed by atoms with van der Waals surface area (Å²) in [6, 6.07) is 2.84. The van der Waals surface area contributed by atoms with E-state index >= 15 is 0 Å². The van der Waals surface area contributed by atoms with Gasteiger partial charge in [-0.15, -0.1) is 0 Å². The van der Waals surface area contributed by atoms with Crippen LogP contribution in [0, 0.1) is 0 Å². The molecule has 0 saturated heterocycles. The Bertz CT molecular complexity index is 425. The zero-order valence-corrected chi connectivity index (χ0v) is 8.06. The molecule has 5 heteroatoms. The zero-order valence-electron chi connectivity index (χ0n) is 8.06. The van der Waals surface area contributed by atoms with E-state index in [1.165, 1.54) is 25.3 Å². The Morgan fingerprint density at radius 3 is 2.73 bits per heavy atom. The molecule has 0 spiro atoms. The SMILES string of the molecule is C=C(C)C(=O)Oc1cccnc1C(=O)O. The number of aromatic nitrogens is 1. The lowest BCUT2D eigenvalue weighted by molar-refractivity contribution is -0.130. The van der Waals surface area contributed by atoms with Gasteiger partial charge < -0.3 is 9.84 Å². The molecular formula is C10H9NO4. The van der Waals surface area contributed by atoms with E-state index in [4.69, 9.17) is 9.84 Å². The highest BCUT2D eigenvalue weighted by atomic mass is 16.5. The number of pyridine rings is 1. The molecule has 0 aliphatic carbocycles. The van der Waals surface area contributed by atoms with E-state index in [1.807, 2.05) is 0 Å². The second kappa shape index (κ2) is 4.36. The molecule has 1 aromatic heterocycles. The van der Waals surface area contributed by atoms with E-state index < -0.39 is 11.9 Å². The Morgan fingerprint density at radius 1 is 1.53 bits per heavy atom. The predicted octanol–water partition coefficient (Wildman–Crippen LogP) is 1.26. The average molecular weight is 207 g/mol. The summed E-state index contributed by atoms with van der Waals surface area (Å²) in [5.74, 6) is -2.01. The molecule has 0 aromatic carbocycles. The molecule has 0 aliphatic rings. The van der Waals surface area contributed by atoms with Crippen LogP contribution < -0.4 is 4.74 Å². The first-order valence-corrected chi connectivity index (χ1v) is 4.08. The minimum Gasteiger partial charge on any atom is -0.476 e. The molecule has 0 aliphatic heterocycles. The molecule has 1 rings (SSSR count). The van der Waals surface area contributed by atoms with Crippen LogP contribution in [0.1, 0.15) is 17.4 Å². The normalized spacial score (nSPS) is 9.40. The molecule has 0 saturated carbocycles. The molecule has 15 heavy (non-hydrogen) atoms. The summed E-state index contributed by atoms with van der Waals surface area (Å²) < 4.78 is 4.79. The van der Waals surface area contributed by atoms with Crippen molar-refractivity contribution in [3.8, 4) is 5.75 Å². The lowest BCUT2D eigenvalue weighted by atomic mass is 10.3. The summed E-state index contributed by atoms with van der Waals surface area (Å²) >= 11 is 0. The largest absolute Gasteiger partial charge is 0.476 e. The van der Waals surface area contributed by atoms with E-state index in [2.05, 4.69) is 11.6 Å². The third kappa shape index (κ3) is 2.63. The Kier molecular flexibility index (Phi) is 3.17. The summed E-state index contributed by atoms with van der Waals surface area (Å²) in [6.45, 7) is 4.85. The van der Waals surface area contributed by atoms with Crippen LogP contribution in [0.5, 0.6) is 5.75 Å². The number of carbonyl (C=O) groups is 2. The number of hydrogen-bond donors (Lipinski definition) is 1. The highest BCUT2D eigenvalue weighted by Crippen LogP contribution is 2.16. The maximum Gasteiger partial charge on any atom is 0.358 e. The topological polar surface area (TPSA) is 76.5 Å². The zero-order chi connectivity index (χ0) is 11.4. The Morgan fingerprint density at radius 2 is 2.20 bits per heavy atom. The molecule has 1 aromatic rings. The van der Waals surface area contributed by atoms with Crippen molar-refractivity contribution in [2.75, 3.05) is 0 Å². The minimum atomic E-state index is -1.25. The second-order valence-electron chi connectivity index (χ2n) is 2.83. The molecule has 0 fully saturated rings. The molecule has 1 heterocycles. The van der Waals surface area contributed by atoms with Crippen molar-refractivity contribution in [3.63, 3.8) is 0 Å². The molecule has 0 unspecified atom stereocenters. The van der Waals surface area contributed by atoms with Crippen LogP contribution in [0.3, 0.4) is 0 Å². The number of hydrogen-bond acceptors (Lipinski definition) is 4. The number of nitrogens with zero attached hydrogens (tertiary/aromatic N) is 1. The van der Waals surface area contributed by atoms with Gasteiger partial charge >= 0.3 is 11.9 Å². The van der Waals surface area contributed by atoms with Gasteiger partial charge in [0, 0.05) is 11.8 Å². The average Bonchev–Trinajstić information content (AvgIpc) is 2.18.